The van der Waals surface area contributed by atoms with E-state index in [1.807, 2.05) is 24.3 Å². The van der Waals surface area contributed by atoms with Crippen LogP contribution < -0.4 is 10.1 Å². The van der Waals surface area contributed by atoms with E-state index in [1.54, 1.807) is 37.7 Å². The Balaban J connectivity index is 1.76. The van der Waals surface area contributed by atoms with E-state index in [4.69, 9.17) is 9.26 Å². The van der Waals surface area contributed by atoms with Gasteiger partial charge >= 0.3 is 0 Å². The highest BCUT2D eigenvalue weighted by Crippen LogP contribution is 2.23. The number of anilines is 1. The van der Waals surface area contributed by atoms with E-state index in [2.05, 4.69) is 15.5 Å². The molecule has 0 saturated carbocycles. The fourth-order valence-electron chi connectivity index (χ4n) is 1.91. The fraction of sp³-hybridized carbons (Fsp3) is 0.0625. The Bertz CT molecular complexity index is 767. The maximum Gasteiger partial charge on any atom is 0.277 e. The van der Waals surface area contributed by atoms with Gasteiger partial charge in [-0.15, -0.1) is 0 Å². The minimum atomic E-state index is -0.350. The van der Waals surface area contributed by atoms with Gasteiger partial charge in [-0.3, -0.25) is 9.78 Å². The van der Waals surface area contributed by atoms with Gasteiger partial charge in [0.2, 0.25) is 0 Å². The zero-order chi connectivity index (χ0) is 15.4. The topological polar surface area (TPSA) is 77.2 Å². The Morgan fingerprint density at radius 3 is 2.73 bits per heavy atom. The average molecular weight is 295 g/mol. The molecule has 22 heavy (non-hydrogen) atoms. The van der Waals surface area contributed by atoms with Gasteiger partial charge in [0.05, 0.1) is 19.0 Å². The minimum absolute atomic E-state index is 0.203. The van der Waals surface area contributed by atoms with Crippen LogP contribution in [0.2, 0.25) is 0 Å². The lowest BCUT2D eigenvalue weighted by Crippen LogP contribution is -2.12. The normalized spacial score (nSPS) is 10.2. The summed E-state index contributed by atoms with van der Waals surface area (Å²) in [6.07, 6.45) is 3.19. The number of carbonyl (C=O) groups excluding carboxylic acids is 1. The van der Waals surface area contributed by atoms with E-state index >= 15 is 0 Å². The summed E-state index contributed by atoms with van der Waals surface area (Å²) in [4.78, 5) is 16.0. The van der Waals surface area contributed by atoms with Crippen LogP contribution >= 0.6 is 0 Å². The summed E-state index contributed by atoms with van der Waals surface area (Å²) in [6, 6.07) is 12.4. The zero-order valence-electron chi connectivity index (χ0n) is 11.8. The second kappa shape index (κ2) is 6.09. The molecule has 3 rings (SSSR count). The van der Waals surface area contributed by atoms with Crippen LogP contribution in [-0.4, -0.2) is 23.2 Å². The van der Waals surface area contributed by atoms with Gasteiger partial charge in [0.15, 0.2) is 11.5 Å². The number of rotatable bonds is 4. The number of benzene rings is 1. The van der Waals surface area contributed by atoms with Gasteiger partial charge in [0.1, 0.15) is 5.75 Å². The third-order valence-electron chi connectivity index (χ3n) is 3.04. The number of aromatic nitrogens is 2. The molecule has 2 aromatic heterocycles. The molecule has 0 spiro atoms. The summed E-state index contributed by atoms with van der Waals surface area (Å²) < 4.78 is 10.3. The standard InChI is InChI=1S/C16H13N3O3/c1-21-13-6-4-11(5-7-13)15-9-14(19-22-15)16(20)18-12-3-2-8-17-10-12/h2-10H,1H3,(H,18,20). The third-order valence-corrected chi connectivity index (χ3v) is 3.04. The lowest BCUT2D eigenvalue weighted by atomic mass is 10.1. The number of carbonyl (C=O) groups is 1. The smallest absolute Gasteiger partial charge is 0.277 e. The van der Waals surface area contributed by atoms with Gasteiger partial charge in [-0.2, -0.15) is 0 Å². The summed E-state index contributed by atoms with van der Waals surface area (Å²) in [5.41, 5.74) is 1.62. The van der Waals surface area contributed by atoms with Crippen molar-refractivity contribution >= 4 is 11.6 Å². The number of nitrogens with zero attached hydrogens (tertiary/aromatic N) is 2. The first kappa shape index (κ1) is 13.8. The molecule has 0 fully saturated rings. The van der Waals surface area contributed by atoms with Gasteiger partial charge in [-0.05, 0) is 36.4 Å². The highest BCUT2D eigenvalue weighted by Gasteiger charge is 2.14. The summed E-state index contributed by atoms with van der Waals surface area (Å²) in [7, 11) is 1.60. The quantitative estimate of drug-likeness (QED) is 0.800. The van der Waals surface area contributed by atoms with Gasteiger partial charge in [-0.25, -0.2) is 0 Å². The minimum Gasteiger partial charge on any atom is -0.497 e. The predicted molar refractivity (Wildman–Crippen MR) is 80.7 cm³/mol. The first-order valence-electron chi connectivity index (χ1n) is 6.59. The fourth-order valence-corrected chi connectivity index (χ4v) is 1.91. The molecule has 0 radical (unpaired) electrons. The molecule has 0 saturated heterocycles. The largest absolute Gasteiger partial charge is 0.497 e. The first-order chi connectivity index (χ1) is 10.8. The van der Waals surface area contributed by atoms with Crippen LogP contribution in [-0.2, 0) is 0 Å². The summed E-state index contributed by atoms with van der Waals surface area (Å²) in [5.74, 6) is 0.910. The number of hydrogen-bond acceptors (Lipinski definition) is 5. The van der Waals surface area contributed by atoms with Crippen molar-refractivity contribution in [2.45, 2.75) is 0 Å². The Hall–Kier alpha value is -3.15. The first-order valence-corrected chi connectivity index (χ1v) is 6.59. The van der Waals surface area contributed by atoms with Crippen molar-refractivity contribution in [3.8, 4) is 17.1 Å². The van der Waals surface area contributed by atoms with E-state index in [9.17, 15) is 4.79 Å². The molecule has 6 nitrogen and oxygen atoms in total. The summed E-state index contributed by atoms with van der Waals surface area (Å²) >= 11 is 0. The Labute approximate surface area is 126 Å². The molecule has 1 amide bonds. The predicted octanol–water partition coefficient (Wildman–Crippen LogP) is 3.00. The van der Waals surface area contributed by atoms with E-state index in [-0.39, 0.29) is 11.6 Å². The molecule has 6 heteroatoms. The second-order valence-electron chi connectivity index (χ2n) is 4.50. The summed E-state index contributed by atoms with van der Waals surface area (Å²) in [5, 5.41) is 6.49. The maximum absolute atomic E-state index is 12.1. The van der Waals surface area contributed by atoms with Crippen LogP contribution in [0.3, 0.4) is 0 Å². The molecule has 2 heterocycles. The SMILES string of the molecule is COc1ccc(-c2cc(C(=O)Nc3cccnc3)no2)cc1. The zero-order valence-corrected chi connectivity index (χ0v) is 11.8. The van der Waals surface area contributed by atoms with Crippen molar-refractivity contribution in [3.05, 3.63) is 60.6 Å². The van der Waals surface area contributed by atoms with Crippen molar-refractivity contribution in [2.24, 2.45) is 0 Å². The molecule has 0 aliphatic rings. The molecular formula is C16H13N3O3. The van der Waals surface area contributed by atoms with Crippen LogP contribution in [0.15, 0.2) is 59.4 Å². The number of pyridine rings is 1. The molecule has 1 aromatic carbocycles. The third kappa shape index (κ3) is 2.95. The Kier molecular flexibility index (Phi) is 3.82. The van der Waals surface area contributed by atoms with Crippen molar-refractivity contribution < 1.29 is 14.1 Å². The van der Waals surface area contributed by atoms with Crippen LogP contribution in [0.25, 0.3) is 11.3 Å². The van der Waals surface area contributed by atoms with Gasteiger partial charge in [-0.1, -0.05) is 5.16 Å². The molecule has 0 aliphatic carbocycles. The van der Waals surface area contributed by atoms with Crippen LogP contribution in [0.5, 0.6) is 5.75 Å². The van der Waals surface area contributed by atoms with E-state index in [0.29, 0.717) is 11.4 Å². The Morgan fingerprint density at radius 1 is 1.23 bits per heavy atom. The molecule has 0 atom stereocenters. The molecule has 3 aromatic rings. The lowest BCUT2D eigenvalue weighted by molar-refractivity contribution is 0.101. The highest BCUT2D eigenvalue weighted by molar-refractivity contribution is 6.03. The number of nitrogens with one attached hydrogen (secondary N) is 1. The number of hydrogen-bond donors (Lipinski definition) is 1. The van der Waals surface area contributed by atoms with Crippen molar-refractivity contribution in [3.63, 3.8) is 0 Å². The maximum atomic E-state index is 12.1. The highest BCUT2D eigenvalue weighted by atomic mass is 16.5. The van der Waals surface area contributed by atoms with Crippen LogP contribution in [0, 0.1) is 0 Å². The molecule has 0 aliphatic heterocycles. The average Bonchev–Trinajstić information content (AvgIpc) is 3.06. The van der Waals surface area contributed by atoms with Gasteiger partial charge < -0.3 is 14.6 Å². The molecule has 1 N–H and O–H groups in total. The number of methoxy groups -OCH3 is 1. The van der Waals surface area contributed by atoms with E-state index in [1.165, 1.54) is 0 Å². The molecule has 0 unspecified atom stereocenters. The number of ether oxygens (including phenoxy) is 1. The van der Waals surface area contributed by atoms with Crippen molar-refractivity contribution in [1.82, 2.24) is 10.1 Å². The van der Waals surface area contributed by atoms with Crippen molar-refractivity contribution in [2.75, 3.05) is 12.4 Å². The van der Waals surface area contributed by atoms with Crippen molar-refractivity contribution in [1.29, 1.82) is 0 Å². The number of amides is 1. The molecular weight excluding hydrogens is 282 g/mol. The van der Waals surface area contributed by atoms with Crippen LogP contribution in [0.4, 0.5) is 5.69 Å². The van der Waals surface area contributed by atoms with Gasteiger partial charge in [0.25, 0.3) is 5.91 Å². The molecule has 110 valence electrons. The van der Waals surface area contributed by atoms with Crippen LogP contribution in [0.1, 0.15) is 10.5 Å². The molecule has 0 bridgehead atoms. The second-order valence-corrected chi connectivity index (χ2v) is 4.50. The van der Waals surface area contributed by atoms with E-state index < -0.39 is 0 Å². The van der Waals surface area contributed by atoms with Gasteiger partial charge in [0, 0.05) is 17.8 Å². The van der Waals surface area contributed by atoms with E-state index in [0.717, 1.165) is 11.3 Å². The lowest BCUT2D eigenvalue weighted by Gasteiger charge is -2.00. The Morgan fingerprint density at radius 2 is 2.05 bits per heavy atom. The summed E-state index contributed by atoms with van der Waals surface area (Å²) in [6.45, 7) is 0. The monoisotopic (exact) mass is 295 g/mol.